The number of hydrogen-bond acceptors (Lipinski definition) is 4. The van der Waals surface area contributed by atoms with Crippen LogP contribution in [-0.4, -0.2) is 25.1 Å². The second-order valence-corrected chi connectivity index (χ2v) is 4.43. The van der Waals surface area contributed by atoms with Gasteiger partial charge in [0.05, 0.1) is 7.11 Å². The standard InChI is InChI=1S/C12H16N2O2S/c1-8(15)9-4-5-11(16-3)10(6-9)7-17-12(13)14-2/h4-6H,7H2,1-3H3,(H2,13,14). The molecule has 0 aliphatic rings. The van der Waals surface area contributed by atoms with E-state index < -0.39 is 0 Å². The van der Waals surface area contributed by atoms with E-state index in [-0.39, 0.29) is 5.78 Å². The molecular weight excluding hydrogens is 236 g/mol. The van der Waals surface area contributed by atoms with Crippen molar-refractivity contribution in [1.29, 1.82) is 0 Å². The van der Waals surface area contributed by atoms with Gasteiger partial charge in [-0.05, 0) is 25.1 Å². The van der Waals surface area contributed by atoms with Gasteiger partial charge in [-0.25, -0.2) is 0 Å². The van der Waals surface area contributed by atoms with Crippen LogP contribution in [0.5, 0.6) is 5.75 Å². The van der Waals surface area contributed by atoms with E-state index in [4.69, 9.17) is 10.5 Å². The van der Waals surface area contributed by atoms with E-state index in [1.54, 1.807) is 33.2 Å². The van der Waals surface area contributed by atoms with Crippen molar-refractivity contribution >= 4 is 22.7 Å². The number of methoxy groups -OCH3 is 1. The number of ketones is 1. The van der Waals surface area contributed by atoms with Crippen molar-refractivity contribution in [2.75, 3.05) is 14.2 Å². The van der Waals surface area contributed by atoms with Crippen molar-refractivity contribution in [2.24, 2.45) is 10.7 Å². The number of benzene rings is 1. The third-order valence-corrected chi connectivity index (χ3v) is 3.22. The molecule has 5 heteroatoms. The fraction of sp³-hybridized carbons (Fsp3) is 0.333. The summed E-state index contributed by atoms with van der Waals surface area (Å²) in [7, 11) is 3.25. The van der Waals surface area contributed by atoms with Gasteiger partial charge in [0.1, 0.15) is 5.75 Å². The third kappa shape index (κ3) is 3.78. The van der Waals surface area contributed by atoms with Crippen LogP contribution < -0.4 is 10.5 Å². The average Bonchev–Trinajstić information content (AvgIpc) is 2.35. The fourth-order valence-corrected chi connectivity index (χ4v) is 1.98. The van der Waals surface area contributed by atoms with Crippen LogP contribution in [0.1, 0.15) is 22.8 Å². The summed E-state index contributed by atoms with van der Waals surface area (Å²) >= 11 is 1.42. The van der Waals surface area contributed by atoms with Crippen LogP contribution in [0.15, 0.2) is 23.2 Å². The quantitative estimate of drug-likeness (QED) is 0.506. The number of carbonyl (C=O) groups is 1. The number of nitrogens with two attached hydrogens (primary N) is 1. The summed E-state index contributed by atoms with van der Waals surface area (Å²) in [5.74, 6) is 1.43. The Balaban J connectivity index is 2.94. The van der Waals surface area contributed by atoms with Gasteiger partial charge in [-0.1, -0.05) is 11.8 Å². The SMILES string of the molecule is CN=C(N)SCc1cc(C(C)=O)ccc1OC. The number of thioether (sulfide) groups is 1. The number of nitrogens with zero attached hydrogens (tertiary/aromatic N) is 1. The van der Waals surface area contributed by atoms with Gasteiger partial charge in [-0.3, -0.25) is 9.79 Å². The zero-order chi connectivity index (χ0) is 12.8. The maximum Gasteiger partial charge on any atom is 0.159 e. The van der Waals surface area contributed by atoms with E-state index in [1.165, 1.54) is 11.8 Å². The number of hydrogen-bond donors (Lipinski definition) is 1. The molecule has 0 atom stereocenters. The third-order valence-electron chi connectivity index (χ3n) is 2.28. The van der Waals surface area contributed by atoms with Crippen molar-refractivity contribution < 1.29 is 9.53 Å². The molecule has 0 heterocycles. The minimum atomic E-state index is 0.0380. The Labute approximate surface area is 105 Å². The molecule has 92 valence electrons. The molecule has 4 nitrogen and oxygen atoms in total. The first kappa shape index (κ1) is 13.6. The van der Waals surface area contributed by atoms with E-state index in [2.05, 4.69) is 4.99 Å². The Kier molecular flexibility index (Phi) is 5.03. The summed E-state index contributed by atoms with van der Waals surface area (Å²) in [5.41, 5.74) is 7.23. The lowest BCUT2D eigenvalue weighted by Crippen LogP contribution is -2.06. The molecule has 0 saturated carbocycles. The Morgan fingerprint density at radius 2 is 2.24 bits per heavy atom. The Morgan fingerprint density at radius 3 is 2.76 bits per heavy atom. The number of ether oxygens (including phenoxy) is 1. The highest BCUT2D eigenvalue weighted by molar-refractivity contribution is 8.13. The second kappa shape index (κ2) is 6.30. The Morgan fingerprint density at radius 1 is 1.53 bits per heavy atom. The van der Waals surface area contributed by atoms with Gasteiger partial charge in [0, 0.05) is 23.9 Å². The number of carbonyl (C=O) groups excluding carboxylic acids is 1. The molecular formula is C12H16N2O2S. The summed E-state index contributed by atoms with van der Waals surface area (Å²) in [6, 6.07) is 5.38. The van der Waals surface area contributed by atoms with Gasteiger partial charge in [-0.15, -0.1) is 0 Å². The first-order chi connectivity index (χ1) is 8.08. The molecule has 1 aromatic rings. The van der Waals surface area contributed by atoms with Crippen molar-refractivity contribution in [2.45, 2.75) is 12.7 Å². The lowest BCUT2D eigenvalue weighted by molar-refractivity contribution is 0.101. The molecule has 1 rings (SSSR count). The van der Waals surface area contributed by atoms with Gasteiger partial charge in [0.2, 0.25) is 0 Å². The predicted molar refractivity (Wildman–Crippen MR) is 71.8 cm³/mol. The summed E-state index contributed by atoms with van der Waals surface area (Å²) in [5, 5.41) is 0.514. The summed E-state index contributed by atoms with van der Waals surface area (Å²) in [4.78, 5) is 15.2. The lowest BCUT2D eigenvalue weighted by atomic mass is 10.1. The molecule has 0 aliphatic heterocycles. The average molecular weight is 252 g/mol. The maximum atomic E-state index is 11.3. The van der Waals surface area contributed by atoms with E-state index in [0.29, 0.717) is 16.5 Å². The molecule has 0 spiro atoms. The molecule has 17 heavy (non-hydrogen) atoms. The van der Waals surface area contributed by atoms with Crippen LogP contribution in [0.4, 0.5) is 0 Å². The minimum Gasteiger partial charge on any atom is -0.496 e. The first-order valence-corrected chi connectivity index (χ1v) is 6.10. The summed E-state index contributed by atoms with van der Waals surface area (Å²) < 4.78 is 5.24. The Bertz CT molecular complexity index is 444. The fourth-order valence-electron chi connectivity index (χ4n) is 1.33. The van der Waals surface area contributed by atoms with E-state index >= 15 is 0 Å². The molecule has 0 bridgehead atoms. The van der Waals surface area contributed by atoms with Gasteiger partial charge < -0.3 is 10.5 Å². The smallest absolute Gasteiger partial charge is 0.159 e. The van der Waals surface area contributed by atoms with Crippen LogP contribution in [0, 0.1) is 0 Å². The minimum absolute atomic E-state index is 0.0380. The highest BCUT2D eigenvalue weighted by Crippen LogP contribution is 2.24. The summed E-state index contributed by atoms with van der Waals surface area (Å²) in [6.45, 7) is 1.54. The van der Waals surface area contributed by atoms with E-state index in [1.807, 2.05) is 6.07 Å². The highest BCUT2D eigenvalue weighted by Gasteiger charge is 2.08. The monoisotopic (exact) mass is 252 g/mol. The summed E-state index contributed by atoms with van der Waals surface area (Å²) in [6.07, 6.45) is 0. The van der Waals surface area contributed by atoms with Gasteiger partial charge in [0.25, 0.3) is 0 Å². The molecule has 0 fully saturated rings. The molecule has 0 amide bonds. The lowest BCUT2D eigenvalue weighted by Gasteiger charge is -2.09. The molecule has 1 aromatic carbocycles. The van der Waals surface area contributed by atoms with E-state index in [9.17, 15) is 4.79 Å². The topological polar surface area (TPSA) is 64.7 Å². The van der Waals surface area contributed by atoms with Gasteiger partial charge >= 0.3 is 0 Å². The van der Waals surface area contributed by atoms with Crippen molar-refractivity contribution in [3.63, 3.8) is 0 Å². The van der Waals surface area contributed by atoms with Crippen molar-refractivity contribution in [3.8, 4) is 5.75 Å². The number of aliphatic imine (C=N–C) groups is 1. The zero-order valence-corrected chi connectivity index (χ0v) is 11.0. The molecule has 0 aliphatic carbocycles. The van der Waals surface area contributed by atoms with Crippen LogP contribution in [-0.2, 0) is 5.75 Å². The zero-order valence-electron chi connectivity index (χ0n) is 10.2. The molecule has 2 N–H and O–H groups in total. The largest absolute Gasteiger partial charge is 0.496 e. The normalized spacial score (nSPS) is 11.4. The number of rotatable bonds is 4. The van der Waals surface area contributed by atoms with Crippen molar-refractivity contribution in [3.05, 3.63) is 29.3 Å². The van der Waals surface area contributed by atoms with Gasteiger partial charge in [0.15, 0.2) is 11.0 Å². The maximum absolute atomic E-state index is 11.3. The van der Waals surface area contributed by atoms with Gasteiger partial charge in [-0.2, -0.15) is 0 Å². The molecule has 0 saturated heterocycles. The van der Waals surface area contributed by atoms with Crippen LogP contribution in [0.25, 0.3) is 0 Å². The molecule has 0 aromatic heterocycles. The first-order valence-electron chi connectivity index (χ1n) is 5.11. The van der Waals surface area contributed by atoms with E-state index in [0.717, 1.165) is 11.3 Å². The molecule has 0 unspecified atom stereocenters. The second-order valence-electron chi connectivity index (χ2n) is 3.43. The number of Topliss-reactive ketones (excluding diaryl/α,β-unsaturated/α-hetero) is 1. The van der Waals surface area contributed by atoms with Crippen LogP contribution in [0.3, 0.4) is 0 Å². The highest BCUT2D eigenvalue weighted by atomic mass is 32.2. The number of amidine groups is 1. The predicted octanol–water partition coefficient (Wildman–Crippen LogP) is 2.08. The molecule has 0 radical (unpaired) electrons. The van der Waals surface area contributed by atoms with Crippen LogP contribution >= 0.6 is 11.8 Å². The Hall–Kier alpha value is -1.49. The van der Waals surface area contributed by atoms with Crippen molar-refractivity contribution in [1.82, 2.24) is 0 Å². The van der Waals surface area contributed by atoms with Crippen LogP contribution in [0.2, 0.25) is 0 Å².